The van der Waals surface area contributed by atoms with Gasteiger partial charge in [0.2, 0.25) is 5.91 Å². The number of amides is 1. The normalized spacial score (nSPS) is 24.7. The van der Waals surface area contributed by atoms with E-state index in [1.54, 1.807) is 17.0 Å². The van der Waals surface area contributed by atoms with Gasteiger partial charge in [0.25, 0.3) is 0 Å². The van der Waals surface area contributed by atoms with Crippen molar-refractivity contribution >= 4 is 47.2 Å². The van der Waals surface area contributed by atoms with Gasteiger partial charge < -0.3 is 29.7 Å². The molecule has 192 valence electrons. The Kier molecular flexibility index (Phi) is 8.63. The molecular formula is C23H30N2O8S2. The summed E-state index contributed by atoms with van der Waals surface area (Å²) < 4.78 is 10.3. The molecule has 1 aromatic rings. The summed E-state index contributed by atoms with van der Waals surface area (Å²) in [6.07, 6.45) is 0.160. The standard InChI is InChI=1S/C23H30N2O8S2/c1-12(2)10-33-22(31)32-7-6-23(4)18-16(13(3)27)20(28)25(18)17(21(29)30)19(23)34-8-5-15-14(9-26)24-11-35-15/h5,8,11-13,16,18,26-27H,6-7,9-10H2,1-4H3,(H,29,30)/b8-5-/t13-,16-,18+,23-/m1/s1. The highest BCUT2D eigenvalue weighted by molar-refractivity contribution is 8.06. The maximum atomic E-state index is 12.8. The Hall–Kier alpha value is -2.41. The zero-order valence-corrected chi connectivity index (χ0v) is 21.6. The summed E-state index contributed by atoms with van der Waals surface area (Å²) in [5.74, 6) is -2.32. The molecular weight excluding hydrogens is 496 g/mol. The summed E-state index contributed by atoms with van der Waals surface area (Å²) in [5, 5.41) is 31.3. The average Bonchev–Trinajstić information content (AvgIpc) is 3.31. The lowest BCUT2D eigenvalue weighted by molar-refractivity contribution is -0.167. The second-order valence-electron chi connectivity index (χ2n) is 9.12. The van der Waals surface area contributed by atoms with Crippen molar-refractivity contribution in [3.05, 3.63) is 32.1 Å². The van der Waals surface area contributed by atoms with Crippen LogP contribution >= 0.6 is 23.1 Å². The molecule has 4 atom stereocenters. The Morgan fingerprint density at radius 3 is 2.66 bits per heavy atom. The fraction of sp³-hybridized carbons (Fsp3) is 0.565. The number of carbonyl (C=O) groups is 3. The number of carboxylic acid groups (broad SMARTS) is 1. The molecule has 1 amide bonds. The lowest BCUT2D eigenvalue weighted by Crippen LogP contribution is -2.66. The van der Waals surface area contributed by atoms with Gasteiger partial charge >= 0.3 is 12.1 Å². The SMILES string of the molecule is CC(C)COC(=O)OCC[C@@]1(C)C(S/C=C\c2scnc2CO)=C(C(=O)O)N2C(=O)[C@H]([C@@H](C)O)[C@H]21. The van der Waals surface area contributed by atoms with E-state index in [0.29, 0.717) is 10.6 Å². The molecule has 3 rings (SSSR count). The van der Waals surface area contributed by atoms with Gasteiger partial charge in [-0.15, -0.1) is 11.3 Å². The lowest BCUT2D eigenvalue weighted by atomic mass is 9.68. The number of nitrogens with zero attached hydrogens (tertiary/aromatic N) is 2. The van der Waals surface area contributed by atoms with Crippen LogP contribution in [0.2, 0.25) is 0 Å². The molecule has 3 N–H and O–H groups in total. The summed E-state index contributed by atoms with van der Waals surface area (Å²) in [6, 6.07) is -0.594. The molecule has 2 aliphatic heterocycles. The molecule has 0 spiro atoms. The summed E-state index contributed by atoms with van der Waals surface area (Å²) >= 11 is 2.48. The number of aromatic nitrogens is 1. The number of rotatable bonds is 11. The van der Waals surface area contributed by atoms with Crippen molar-refractivity contribution in [2.24, 2.45) is 17.3 Å². The summed E-state index contributed by atoms with van der Waals surface area (Å²) in [4.78, 5) is 43.4. The second kappa shape index (κ2) is 11.1. The monoisotopic (exact) mass is 526 g/mol. The minimum atomic E-state index is -1.25. The van der Waals surface area contributed by atoms with E-state index in [-0.39, 0.29) is 37.9 Å². The number of carboxylic acids is 1. The van der Waals surface area contributed by atoms with E-state index in [9.17, 15) is 29.7 Å². The van der Waals surface area contributed by atoms with E-state index in [2.05, 4.69) is 4.98 Å². The molecule has 0 bridgehead atoms. The van der Waals surface area contributed by atoms with Gasteiger partial charge in [-0.1, -0.05) is 32.5 Å². The van der Waals surface area contributed by atoms with Crippen LogP contribution in [-0.4, -0.2) is 68.6 Å². The van der Waals surface area contributed by atoms with Crippen LogP contribution in [-0.2, 0) is 25.7 Å². The van der Waals surface area contributed by atoms with Gasteiger partial charge in [0.1, 0.15) is 5.70 Å². The number of aliphatic carboxylic acids is 1. The number of thiazole rings is 1. The van der Waals surface area contributed by atoms with Crippen LogP contribution in [0.3, 0.4) is 0 Å². The third kappa shape index (κ3) is 5.40. The second-order valence-corrected chi connectivity index (χ2v) is 10.9. The van der Waals surface area contributed by atoms with Crippen LogP contribution in [0.25, 0.3) is 6.08 Å². The van der Waals surface area contributed by atoms with E-state index in [4.69, 9.17) is 9.47 Å². The number of carbonyl (C=O) groups excluding carboxylic acids is 2. The fourth-order valence-corrected chi connectivity index (χ4v) is 6.31. The first kappa shape index (κ1) is 27.2. The Labute approximate surface area is 211 Å². The molecule has 10 nitrogen and oxygen atoms in total. The minimum absolute atomic E-state index is 0.0529. The van der Waals surface area contributed by atoms with Crippen LogP contribution in [0.4, 0.5) is 4.79 Å². The molecule has 2 aliphatic rings. The van der Waals surface area contributed by atoms with E-state index < -0.39 is 41.5 Å². The molecule has 0 radical (unpaired) electrons. The maximum absolute atomic E-state index is 12.8. The van der Waals surface area contributed by atoms with Crippen molar-refractivity contribution < 1.29 is 39.2 Å². The first-order valence-corrected chi connectivity index (χ1v) is 12.9. The Bertz CT molecular complexity index is 1030. The van der Waals surface area contributed by atoms with Crippen molar-refractivity contribution in [2.45, 2.75) is 52.9 Å². The van der Waals surface area contributed by atoms with E-state index in [1.807, 2.05) is 20.8 Å². The van der Waals surface area contributed by atoms with Crippen LogP contribution in [0, 0.1) is 17.3 Å². The number of aliphatic hydroxyl groups is 2. The number of thioether (sulfide) groups is 1. The Balaban J connectivity index is 1.87. The highest BCUT2D eigenvalue weighted by Gasteiger charge is 2.65. The van der Waals surface area contributed by atoms with Gasteiger partial charge in [0.05, 0.1) is 54.0 Å². The molecule has 35 heavy (non-hydrogen) atoms. The maximum Gasteiger partial charge on any atom is 0.508 e. The summed E-state index contributed by atoms with van der Waals surface area (Å²) in [6.45, 7) is 7.06. The quantitative estimate of drug-likeness (QED) is 0.290. The molecule has 3 heterocycles. The fourth-order valence-electron chi connectivity index (χ4n) is 4.40. The number of β-lactam (4-membered cyclic amide) rings is 1. The number of hydrogen-bond donors (Lipinski definition) is 3. The van der Waals surface area contributed by atoms with Crippen LogP contribution in [0.1, 0.15) is 44.7 Å². The van der Waals surface area contributed by atoms with Crippen molar-refractivity contribution in [3.63, 3.8) is 0 Å². The molecule has 12 heteroatoms. The van der Waals surface area contributed by atoms with Crippen molar-refractivity contribution in [2.75, 3.05) is 13.2 Å². The average molecular weight is 527 g/mol. The predicted octanol–water partition coefficient (Wildman–Crippen LogP) is 3.06. The van der Waals surface area contributed by atoms with E-state index >= 15 is 0 Å². The van der Waals surface area contributed by atoms with Crippen molar-refractivity contribution in [1.29, 1.82) is 0 Å². The molecule has 0 unspecified atom stereocenters. The zero-order valence-electron chi connectivity index (χ0n) is 20.0. The predicted molar refractivity (Wildman–Crippen MR) is 130 cm³/mol. The van der Waals surface area contributed by atoms with Gasteiger partial charge in [-0.3, -0.25) is 4.79 Å². The van der Waals surface area contributed by atoms with Gasteiger partial charge in [-0.2, -0.15) is 0 Å². The Morgan fingerprint density at radius 1 is 1.34 bits per heavy atom. The summed E-state index contributed by atoms with van der Waals surface area (Å²) in [7, 11) is 0. The molecule has 0 aromatic carbocycles. The van der Waals surface area contributed by atoms with E-state index in [1.165, 1.54) is 23.2 Å². The van der Waals surface area contributed by atoms with Gasteiger partial charge in [0.15, 0.2) is 0 Å². The molecule has 1 aromatic heterocycles. The topological polar surface area (TPSA) is 146 Å². The van der Waals surface area contributed by atoms with Crippen molar-refractivity contribution in [3.8, 4) is 0 Å². The summed E-state index contributed by atoms with van der Waals surface area (Å²) in [5.41, 5.74) is 1.08. The highest BCUT2D eigenvalue weighted by atomic mass is 32.2. The lowest BCUT2D eigenvalue weighted by Gasteiger charge is -2.50. The highest BCUT2D eigenvalue weighted by Crippen LogP contribution is 2.59. The third-order valence-corrected chi connectivity index (χ3v) is 8.10. The first-order chi connectivity index (χ1) is 16.5. The smallest absolute Gasteiger partial charge is 0.477 e. The van der Waals surface area contributed by atoms with Gasteiger partial charge in [-0.05, 0) is 30.7 Å². The minimum Gasteiger partial charge on any atom is -0.477 e. The van der Waals surface area contributed by atoms with Crippen LogP contribution in [0.5, 0.6) is 0 Å². The van der Waals surface area contributed by atoms with Gasteiger partial charge in [0, 0.05) is 10.3 Å². The van der Waals surface area contributed by atoms with Crippen LogP contribution in [0.15, 0.2) is 21.5 Å². The van der Waals surface area contributed by atoms with Crippen LogP contribution < -0.4 is 0 Å². The zero-order chi connectivity index (χ0) is 25.9. The number of ether oxygens (including phenoxy) is 2. The largest absolute Gasteiger partial charge is 0.508 e. The Morgan fingerprint density at radius 2 is 2.06 bits per heavy atom. The molecule has 1 saturated heterocycles. The third-order valence-electron chi connectivity index (χ3n) is 6.09. The van der Waals surface area contributed by atoms with Crippen molar-refractivity contribution in [1.82, 2.24) is 9.88 Å². The molecule has 0 aliphatic carbocycles. The number of aliphatic hydroxyl groups excluding tert-OH is 2. The number of fused-ring (bicyclic) bond motifs is 1. The molecule has 0 saturated carbocycles. The molecule has 1 fully saturated rings. The van der Waals surface area contributed by atoms with E-state index in [0.717, 1.165) is 16.6 Å². The first-order valence-electron chi connectivity index (χ1n) is 11.2. The van der Waals surface area contributed by atoms with Gasteiger partial charge in [-0.25, -0.2) is 14.6 Å². The number of hydrogen-bond acceptors (Lipinski definition) is 10.